The molecule has 0 bridgehead atoms. The Morgan fingerprint density at radius 1 is 1.36 bits per heavy atom. The van der Waals surface area contributed by atoms with Gasteiger partial charge in [-0.2, -0.15) is 8.78 Å². The molecule has 1 amide bonds. The lowest BCUT2D eigenvalue weighted by atomic mass is 10.3. The van der Waals surface area contributed by atoms with Crippen LogP contribution in [0.25, 0.3) is 0 Å². The average Bonchev–Trinajstić information content (AvgIpc) is 3.00. The van der Waals surface area contributed by atoms with Crippen molar-refractivity contribution in [1.82, 2.24) is 4.90 Å². The lowest BCUT2D eigenvalue weighted by Gasteiger charge is -2.17. The first kappa shape index (κ1) is 17.0. The van der Waals surface area contributed by atoms with Crippen LogP contribution in [0.2, 0.25) is 0 Å². The molecule has 22 heavy (non-hydrogen) atoms. The minimum Gasteiger partial charge on any atom is -0.433 e. The zero-order chi connectivity index (χ0) is 15.9. The molecule has 0 spiro atoms. The molecule has 1 fully saturated rings. The van der Waals surface area contributed by atoms with Crippen LogP contribution in [-0.2, 0) is 4.79 Å². The number of thiocarbonyl (C=S) groups is 1. The van der Waals surface area contributed by atoms with Crippen LogP contribution in [0.15, 0.2) is 24.3 Å². The third-order valence-corrected chi connectivity index (χ3v) is 4.59. The first-order valence-electron chi connectivity index (χ1n) is 6.81. The van der Waals surface area contributed by atoms with Crippen LogP contribution in [0.4, 0.5) is 14.5 Å². The number of amides is 1. The van der Waals surface area contributed by atoms with Crippen molar-refractivity contribution in [3.8, 4) is 5.75 Å². The Labute approximate surface area is 137 Å². The normalized spacial score (nSPS) is 14.2. The highest BCUT2D eigenvalue weighted by Crippen LogP contribution is 2.25. The second-order valence-electron chi connectivity index (χ2n) is 4.67. The van der Waals surface area contributed by atoms with Gasteiger partial charge in [-0.15, -0.1) is 0 Å². The van der Waals surface area contributed by atoms with E-state index in [0.717, 1.165) is 25.9 Å². The van der Waals surface area contributed by atoms with E-state index in [-0.39, 0.29) is 23.1 Å². The van der Waals surface area contributed by atoms with Gasteiger partial charge in [0.1, 0.15) is 10.1 Å². The van der Waals surface area contributed by atoms with E-state index in [0.29, 0.717) is 4.32 Å². The van der Waals surface area contributed by atoms with Gasteiger partial charge in [-0.3, -0.25) is 4.79 Å². The number of anilines is 1. The molecule has 2 rings (SSSR count). The highest BCUT2D eigenvalue weighted by Gasteiger charge is 2.17. The summed E-state index contributed by atoms with van der Waals surface area (Å²) in [6.45, 7) is -1.08. The lowest BCUT2D eigenvalue weighted by Crippen LogP contribution is -2.25. The Balaban J connectivity index is 1.85. The number of thioether (sulfide) groups is 1. The van der Waals surface area contributed by atoms with Crippen molar-refractivity contribution >= 4 is 39.9 Å². The van der Waals surface area contributed by atoms with Gasteiger partial charge in [0.25, 0.3) is 0 Å². The molecular formula is C14H16F2N2O2S2. The average molecular weight is 346 g/mol. The van der Waals surface area contributed by atoms with E-state index in [4.69, 9.17) is 12.2 Å². The van der Waals surface area contributed by atoms with Gasteiger partial charge in [0, 0.05) is 13.1 Å². The SMILES string of the molecule is O=C(CSC(=S)N1CCCC1)Nc1ccccc1OC(F)F. The number of rotatable bonds is 5. The van der Waals surface area contributed by atoms with Crippen LogP contribution < -0.4 is 10.1 Å². The lowest BCUT2D eigenvalue weighted by molar-refractivity contribution is -0.113. The number of hydrogen-bond donors (Lipinski definition) is 1. The molecular weight excluding hydrogens is 330 g/mol. The molecule has 1 saturated heterocycles. The van der Waals surface area contributed by atoms with E-state index in [9.17, 15) is 13.6 Å². The molecule has 0 unspecified atom stereocenters. The molecule has 0 saturated carbocycles. The molecule has 0 atom stereocenters. The van der Waals surface area contributed by atoms with Gasteiger partial charge in [-0.1, -0.05) is 36.1 Å². The summed E-state index contributed by atoms with van der Waals surface area (Å²) in [7, 11) is 0. The first-order chi connectivity index (χ1) is 10.6. The van der Waals surface area contributed by atoms with Gasteiger partial charge in [0.05, 0.1) is 11.4 Å². The third kappa shape index (κ3) is 5.10. The summed E-state index contributed by atoms with van der Waals surface area (Å²) in [5.41, 5.74) is 0.223. The molecule has 0 aliphatic carbocycles. The maximum atomic E-state index is 12.3. The maximum Gasteiger partial charge on any atom is 0.387 e. The molecule has 1 aromatic carbocycles. The van der Waals surface area contributed by atoms with Crippen LogP contribution in [0, 0.1) is 0 Å². The molecule has 1 heterocycles. The summed E-state index contributed by atoms with van der Waals surface area (Å²) >= 11 is 6.54. The monoisotopic (exact) mass is 346 g/mol. The number of carbonyl (C=O) groups is 1. The maximum absolute atomic E-state index is 12.3. The summed E-state index contributed by atoms with van der Waals surface area (Å²) in [6, 6.07) is 6.09. The van der Waals surface area contributed by atoms with E-state index in [1.54, 1.807) is 12.1 Å². The summed E-state index contributed by atoms with van der Waals surface area (Å²) in [6.07, 6.45) is 2.23. The predicted octanol–water partition coefficient (Wildman–Crippen LogP) is 3.34. The number of likely N-dealkylation sites (tertiary alicyclic amines) is 1. The van der Waals surface area contributed by atoms with Crippen molar-refractivity contribution in [2.24, 2.45) is 0 Å². The van der Waals surface area contributed by atoms with E-state index in [2.05, 4.69) is 15.0 Å². The van der Waals surface area contributed by atoms with E-state index in [1.165, 1.54) is 23.9 Å². The van der Waals surface area contributed by atoms with E-state index >= 15 is 0 Å². The Morgan fingerprint density at radius 3 is 2.73 bits per heavy atom. The van der Waals surface area contributed by atoms with Crippen LogP contribution in [0.1, 0.15) is 12.8 Å². The fourth-order valence-electron chi connectivity index (χ4n) is 2.07. The number of alkyl halides is 2. The van der Waals surface area contributed by atoms with Crippen molar-refractivity contribution in [3.63, 3.8) is 0 Å². The minimum absolute atomic E-state index is 0.0574. The summed E-state index contributed by atoms with van der Waals surface area (Å²) in [5, 5.41) is 2.57. The van der Waals surface area contributed by atoms with Crippen molar-refractivity contribution in [2.75, 3.05) is 24.2 Å². The van der Waals surface area contributed by atoms with Gasteiger partial charge in [-0.25, -0.2) is 0 Å². The Morgan fingerprint density at radius 2 is 2.05 bits per heavy atom. The second-order valence-corrected chi connectivity index (χ2v) is 6.28. The molecule has 1 N–H and O–H groups in total. The molecule has 120 valence electrons. The van der Waals surface area contributed by atoms with Gasteiger partial charge >= 0.3 is 6.61 Å². The molecule has 8 heteroatoms. The number of ether oxygens (including phenoxy) is 1. The topological polar surface area (TPSA) is 41.6 Å². The van der Waals surface area contributed by atoms with Crippen molar-refractivity contribution in [1.29, 1.82) is 0 Å². The standard InChI is InChI=1S/C14H16F2N2O2S2/c15-13(16)20-11-6-2-1-5-10(11)17-12(19)9-22-14(21)18-7-3-4-8-18/h1-2,5-6,13H,3-4,7-9H2,(H,17,19). The fraction of sp³-hybridized carbons (Fsp3) is 0.429. The highest BCUT2D eigenvalue weighted by molar-refractivity contribution is 8.23. The number of nitrogens with one attached hydrogen (secondary N) is 1. The van der Waals surface area contributed by atoms with E-state index in [1.807, 2.05) is 0 Å². The zero-order valence-electron chi connectivity index (χ0n) is 11.8. The van der Waals surface area contributed by atoms with Crippen molar-refractivity contribution < 1.29 is 18.3 Å². The van der Waals surface area contributed by atoms with Crippen LogP contribution >= 0.6 is 24.0 Å². The van der Waals surface area contributed by atoms with Crippen LogP contribution in [0.5, 0.6) is 5.75 Å². The Hall–Kier alpha value is -1.41. The molecule has 1 aliphatic heterocycles. The summed E-state index contributed by atoms with van der Waals surface area (Å²) in [5.74, 6) is -0.229. The summed E-state index contributed by atoms with van der Waals surface area (Å²) < 4.78 is 29.7. The number of halogens is 2. The molecule has 0 aromatic heterocycles. The van der Waals surface area contributed by atoms with Gasteiger partial charge < -0.3 is 15.0 Å². The number of benzene rings is 1. The Bertz CT molecular complexity index is 537. The van der Waals surface area contributed by atoms with Gasteiger partial charge in [0.15, 0.2) is 0 Å². The van der Waals surface area contributed by atoms with Crippen molar-refractivity contribution in [2.45, 2.75) is 19.5 Å². The molecule has 0 radical (unpaired) electrons. The molecule has 4 nitrogen and oxygen atoms in total. The smallest absolute Gasteiger partial charge is 0.387 e. The Kier molecular flexibility index (Phi) is 6.38. The molecule has 1 aliphatic rings. The largest absolute Gasteiger partial charge is 0.433 e. The number of carbonyl (C=O) groups excluding carboxylic acids is 1. The van der Waals surface area contributed by atoms with Crippen LogP contribution in [-0.4, -0.2) is 40.6 Å². The number of para-hydroxylation sites is 2. The first-order valence-corrected chi connectivity index (χ1v) is 8.21. The fourth-order valence-corrected chi connectivity index (χ4v) is 3.12. The predicted molar refractivity (Wildman–Crippen MR) is 87.6 cm³/mol. The zero-order valence-corrected chi connectivity index (χ0v) is 13.4. The quantitative estimate of drug-likeness (QED) is 0.828. The van der Waals surface area contributed by atoms with Crippen LogP contribution in [0.3, 0.4) is 0 Å². The highest BCUT2D eigenvalue weighted by atomic mass is 32.2. The minimum atomic E-state index is -2.94. The number of nitrogens with zero attached hydrogens (tertiary/aromatic N) is 1. The van der Waals surface area contributed by atoms with Gasteiger partial charge in [0.2, 0.25) is 5.91 Å². The summed E-state index contributed by atoms with van der Waals surface area (Å²) in [4.78, 5) is 14.0. The third-order valence-electron chi connectivity index (χ3n) is 3.07. The van der Waals surface area contributed by atoms with E-state index < -0.39 is 6.61 Å². The van der Waals surface area contributed by atoms with Crippen molar-refractivity contribution in [3.05, 3.63) is 24.3 Å². The van der Waals surface area contributed by atoms with Gasteiger partial charge in [-0.05, 0) is 25.0 Å². The molecule has 1 aromatic rings. The number of hydrogen-bond acceptors (Lipinski definition) is 4. The second kappa shape index (κ2) is 8.28.